The molecule has 1 aromatic rings. The minimum Gasteiger partial charge on any atom is -0.497 e. The molecule has 3 aliphatic rings. The molecule has 1 aromatic carbocycles. The molecule has 5 atom stereocenters. The van der Waals surface area contributed by atoms with Crippen LogP contribution in [0.25, 0.3) is 0 Å². The van der Waals surface area contributed by atoms with Gasteiger partial charge in [-0.05, 0) is 62.3 Å². The highest BCUT2D eigenvalue weighted by atomic mass is 32.2. The summed E-state index contributed by atoms with van der Waals surface area (Å²) < 4.78 is 76.4. The van der Waals surface area contributed by atoms with Gasteiger partial charge in [0.25, 0.3) is 0 Å². The number of carbonyl (C=O) groups is 1. The van der Waals surface area contributed by atoms with E-state index in [1.807, 2.05) is 38.7 Å². The highest BCUT2D eigenvalue weighted by molar-refractivity contribution is 7.89. The van der Waals surface area contributed by atoms with Crippen LogP contribution < -0.4 is 10.1 Å². The highest BCUT2D eigenvalue weighted by Crippen LogP contribution is 2.49. The Morgan fingerprint density at radius 2 is 1.79 bits per heavy atom. The van der Waals surface area contributed by atoms with Crippen molar-refractivity contribution in [2.24, 2.45) is 11.8 Å². The Morgan fingerprint density at radius 1 is 1.10 bits per heavy atom. The van der Waals surface area contributed by atoms with Crippen molar-refractivity contribution in [2.75, 3.05) is 66.0 Å². The lowest BCUT2D eigenvalue weighted by molar-refractivity contribution is -0.0907. The van der Waals surface area contributed by atoms with Crippen molar-refractivity contribution in [2.45, 2.75) is 102 Å². The van der Waals surface area contributed by atoms with E-state index in [0.717, 1.165) is 31.3 Å². The maximum absolute atomic E-state index is 13.9. The van der Waals surface area contributed by atoms with Crippen LogP contribution in [0.4, 0.5) is 4.79 Å². The van der Waals surface area contributed by atoms with Gasteiger partial charge in [-0.25, -0.2) is 13.2 Å². The monoisotopic (exact) mass is 773 g/mol. The van der Waals surface area contributed by atoms with Gasteiger partial charge >= 0.3 is 13.7 Å². The number of unbranched alkanes of at least 4 members (excludes halogenated alkanes) is 2. The van der Waals surface area contributed by atoms with Crippen molar-refractivity contribution >= 4 is 23.7 Å². The lowest BCUT2D eigenvalue weighted by atomic mass is 9.96. The lowest BCUT2D eigenvalue weighted by Crippen LogP contribution is -2.51. The van der Waals surface area contributed by atoms with Crippen LogP contribution >= 0.6 is 7.60 Å². The standard InChI is InChI=1S/C36H60N3O11PS/c1-6-8-19-48-51(42,49-20-9-7-2)26-38-17-14-28(15-18-38)22-32(37-36(41)50-34-25-47-35-31(34)16-21-46-35)33(40)24-39(23-27(3)4)52(43,44)30-12-10-29(45-5)11-13-30/h10-14,27,31-35,40H,6-9,15-26H2,1-5H3,(H,37,41)/t31-,32-,33+,34-,35+/m0/s1. The van der Waals surface area contributed by atoms with Crippen LogP contribution in [0.2, 0.25) is 0 Å². The first-order valence-corrected chi connectivity index (χ1v) is 21.8. The summed E-state index contributed by atoms with van der Waals surface area (Å²) in [4.78, 5) is 15.4. The van der Waals surface area contributed by atoms with Crippen molar-refractivity contribution in [3.63, 3.8) is 0 Å². The first-order chi connectivity index (χ1) is 24.9. The Morgan fingerprint density at radius 3 is 2.38 bits per heavy atom. The van der Waals surface area contributed by atoms with E-state index in [1.54, 1.807) is 12.1 Å². The highest BCUT2D eigenvalue weighted by Gasteiger charge is 2.44. The van der Waals surface area contributed by atoms with Crippen LogP contribution in [-0.2, 0) is 37.8 Å². The summed E-state index contributed by atoms with van der Waals surface area (Å²) in [6.07, 6.45) is 4.29. The topological polar surface area (TPSA) is 162 Å². The second-order valence-corrected chi connectivity index (χ2v) is 18.2. The number of hydrogen-bond acceptors (Lipinski definition) is 12. The predicted molar refractivity (Wildman–Crippen MR) is 197 cm³/mol. The normalized spacial score (nSPS) is 22.3. The quantitative estimate of drug-likeness (QED) is 0.0883. The van der Waals surface area contributed by atoms with Gasteiger partial charge in [-0.15, -0.1) is 0 Å². The molecule has 3 heterocycles. The number of carbonyl (C=O) groups excluding carboxylic acids is 1. The van der Waals surface area contributed by atoms with E-state index in [1.165, 1.54) is 23.5 Å². The predicted octanol–water partition coefficient (Wildman–Crippen LogP) is 5.37. The lowest BCUT2D eigenvalue weighted by Gasteiger charge is -2.33. The second kappa shape index (κ2) is 20.6. The summed E-state index contributed by atoms with van der Waals surface area (Å²) in [6.45, 7) is 10.4. The van der Waals surface area contributed by atoms with Gasteiger partial charge in [0.2, 0.25) is 10.0 Å². The first-order valence-electron chi connectivity index (χ1n) is 18.7. The summed E-state index contributed by atoms with van der Waals surface area (Å²) in [6, 6.07) is 5.24. The van der Waals surface area contributed by atoms with Crippen LogP contribution in [0.5, 0.6) is 5.75 Å². The van der Waals surface area contributed by atoms with E-state index >= 15 is 0 Å². The van der Waals surface area contributed by atoms with E-state index < -0.39 is 48.3 Å². The molecule has 0 spiro atoms. The second-order valence-electron chi connectivity index (χ2n) is 14.2. The molecule has 16 heteroatoms. The number of aliphatic hydroxyl groups excluding tert-OH is 1. The number of amides is 1. The molecular formula is C36H60N3O11PS. The van der Waals surface area contributed by atoms with Gasteiger partial charge in [-0.1, -0.05) is 52.2 Å². The van der Waals surface area contributed by atoms with Crippen LogP contribution in [-0.4, -0.2) is 119 Å². The molecule has 0 bridgehead atoms. The molecule has 2 fully saturated rings. The smallest absolute Gasteiger partial charge is 0.407 e. The molecule has 0 radical (unpaired) electrons. The minimum absolute atomic E-state index is 0.0412. The van der Waals surface area contributed by atoms with E-state index in [-0.39, 0.29) is 49.1 Å². The Labute approximate surface area is 310 Å². The van der Waals surface area contributed by atoms with Crippen molar-refractivity contribution in [1.29, 1.82) is 0 Å². The number of nitrogens with one attached hydrogen (secondary N) is 1. The van der Waals surface area contributed by atoms with Crippen molar-refractivity contribution < 1.29 is 50.9 Å². The molecule has 296 valence electrons. The Balaban J connectivity index is 1.49. The number of alkyl carbamates (subject to hydrolysis) is 1. The van der Waals surface area contributed by atoms with E-state index in [2.05, 4.69) is 5.32 Å². The summed E-state index contributed by atoms with van der Waals surface area (Å²) in [5.41, 5.74) is 0.969. The zero-order chi connectivity index (χ0) is 37.7. The number of fused-ring (bicyclic) bond motifs is 1. The zero-order valence-corrected chi connectivity index (χ0v) is 33.2. The molecule has 52 heavy (non-hydrogen) atoms. The number of aliphatic hydroxyl groups is 1. The average molecular weight is 774 g/mol. The molecule has 2 N–H and O–H groups in total. The molecule has 0 aliphatic carbocycles. The molecule has 0 unspecified atom stereocenters. The van der Waals surface area contributed by atoms with Crippen LogP contribution in [0.1, 0.15) is 72.6 Å². The number of benzene rings is 1. The van der Waals surface area contributed by atoms with E-state index in [0.29, 0.717) is 51.5 Å². The first kappa shape index (κ1) is 42.7. The maximum atomic E-state index is 13.9. The van der Waals surface area contributed by atoms with Gasteiger partial charge in [-0.3, -0.25) is 9.46 Å². The van der Waals surface area contributed by atoms with Crippen molar-refractivity contribution in [3.05, 3.63) is 35.9 Å². The summed E-state index contributed by atoms with van der Waals surface area (Å²) >= 11 is 0. The van der Waals surface area contributed by atoms with Gasteiger partial charge in [0.15, 0.2) is 6.29 Å². The Bertz CT molecular complexity index is 1430. The number of ether oxygens (including phenoxy) is 4. The molecule has 0 aromatic heterocycles. The zero-order valence-electron chi connectivity index (χ0n) is 31.4. The van der Waals surface area contributed by atoms with Crippen LogP contribution in [0.15, 0.2) is 40.8 Å². The molecule has 3 aliphatic heterocycles. The van der Waals surface area contributed by atoms with Gasteiger partial charge in [0.05, 0.1) is 56.5 Å². The maximum Gasteiger partial charge on any atom is 0.407 e. The number of sulfonamides is 1. The van der Waals surface area contributed by atoms with Crippen LogP contribution in [0.3, 0.4) is 0 Å². The van der Waals surface area contributed by atoms with Crippen molar-refractivity contribution in [3.8, 4) is 5.75 Å². The fraction of sp³-hybridized carbons (Fsp3) is 0.750. The number of hydrogen-bond donors (Lipinski definition) is 2. The van der Waals surface area contributed by atoms with Gasteiger partial charge in [-0.2, -0.15) is 4.31 Å². The molecule has 14 nitrogen and oxygen atoms in total. The average Bonchev–Trinajstić information content (AvgIpc) is 3.74. The minimum atomic E-state index is -4.01. The largest absolute Gasteiger partial charge is 0.497 e. The fourth-order valence-electron chi connectivity index (χ4n) is 6.47. The van der Waals surface area contributed by atoms with Crippen molar-refractivity contribution in [1.82, 2.24) is 14.5 Å². The van der Waals surface area contributed by atoms with Gasteiger partial charge in [0, 0.05) is 26.2 Å². The fourth-order valence-corrected chi connectivity index (χ4v) is 9.89. The SMILES string of the molecule is CCCCOP(=O)(CN1CC=C(C[C@H](NC(=O)O[C@H]2CO[C@H]3OCC[C@H]32)[C@H](O)CN(CC(C)C)S(=O)(=O)c2ccc(OC)cc2)CC1)OCCCC. The van der Waals surface area contributed by atoms with Crippen LogP contribution in [0, 0.1) is 11.8 Å². The summed E-state index contributed by atoms with van der Waals surface area (Å²) in [5.74, 6) is 0.418. The number of rotatable bonds is 22. The van der Waals surface area contributed by atoms with Gasteiger partial charge < -0.3 is 38.4 Å². The molecule has 0 saturated carbocycles. The Kier molecular flexibility index (Phi) is 16.9. The summed E-state index contributed by atoms with van der Waals surface area (Å²) in [7, 11) is -5.83. The molecular weight excluding hydrogens is 713 g/mol. The van der Waals surface area contributed by atoms with Gasteiger partial charge in [0.1, 0.15) is 18.1 Å². The molecule has 4 rings (SSSR count). The summed E-state index contributed by atoms with van der Waals surface area (Å²) in [5, 5.41) is 14.6. The molecule has 1 amide bonds. The van der Waals surface area contributed by atoms with E-state index in [4.69, 9.17) is 28.0 Å². The third-order valence-electron chi connectivity index (χ3n) is 9.48. The number of methoxy groups -OCH3 is 1. The Hall–Kier alpha value is -2.07. The third kappa shape index (κ3) is 12.5. The molecule has 2 saturated heterocycles. The van der Waals surface area contributed by atoms with E-state index in [9.17, 15) is 22.9 Å². The number of nitrogens with zero attached hydrogens (tertiary/aromatic N) is 2. The third-order valence-corrected chi connectivity index (χ3v) is 13.2.